The van der Waals surface area contributed by atoms with Crippen molar-refractivity contribution in [2.45, 2.75) is 13.1 Å². The number of hydrogen-bond donors (Lipinski definition) is 1. The van der Waals surface area contributed by atoms with Crippen LogP contribution in [-0.4, -0.2) is 53.0 Å². The molecule has 0 bridgehead atoms. The lowest BCUT2D eigenvalue weighted by molar-refractivity contribution is 0.0616. The molecular weight excluding hydrogens is 232 g/mol. The molecule has 0 aliphatic carbocycles. The number of aliphatic hydroxyl groups excluding tert-OH is 1. The van der Waals surface area contributed by atoms with Crippen molar-refractivity contribution in [3.63, 3.8) is 0 Å². The third-order valence-electron chi connectivity index (χ3n) is 2.35. The first-order valence-corrected chi connectivity index (χ1v) is 5.31. The largest absolute Gasteiger partial charge is 0.395 e. The summed E-state index contributed by atoms with van der Waals surface area (Å²) in [4.78, 5) is 5.70. The monoisotopic (exact) mass is 249 g/mol. The van der Waals surface area contributed by atoms with Gasteiger partial charge in [0, 0.05) is 32.6 Å². The fourth-order valence-corrected chi connectivity index (χ4v) is 1.48. The molecule has 1 N–H and O–H groups in total. The van der Waals surface area contributed by atoms with E-state index in [4.69, 9.17) is 9.84 Å². The Kier molecular flexibility index (Phi) is 6.03. The molecule has 0 saturated heterocycles. The Bertz CT molecular complexity index is 320. The van der Waals surface area contributed by atoms with Gasteiger partial charge in [0.15, 0.2) is 0 Å². The van der Waals surface area contributed by atoms with Crippen LogP contribution in [0.2, 0.25) is 0 Å². The first-order chi connectivity index (χ1) is 8.19. The summed E-state index contributed by atoms with van der Waals surface area (Å²) in [5.74, 6) is 0.282. The van der Waals surface area contributed by atoms with E-state index >= 15 is 0 Å². The van der Waals surface area contributed by atoms with Crippen molar-refractivity contribution in [2.24, 2.45) is 0 Å². The average Bonchev–Trinajstić information content (AvgIpc) is 2.74. The quantitative estimate of drug-likeness (QED) is 0.737. The van der Waals surface area contributed by atoms with Gasteiger partial charge in [-0.15, -0.1) is 0 Å². The molecule has 98 valence electrons. The molecule has 1 aromatic rings. The lowest BCUT2D eigenvalue weighted by Crippen LogP contribution is -2.31. The van der Waals surface area contributed by atoms with E-state index in [1.807, 2.05) is 4.90 Å². The molecule has 0 aliphatic rings. The predicted molar refractivity (Wildman–Crippen MR) is 57.7 cm³/mol. The predicted octanol–water partition coefficient (Wildman–Crippen LogP) is 0.719. The molecule has 0 atom stereocenters. The second kappa shape index (κ2) is 7.31. The minimum Gasteiger partial charge on any atom is -0.395 e. The Hall–Kier alpha value is -1.05. The molecule has 0 radical (unpaired) electrons. The summed E-state index contributed by atoms with van der Waals surface area (Å²) in [6, 6.07) is 0. The molecule has 5 nitrogen and oxygen atoms in total. The maximum Gasteiger partial charge on any atom is 0.319 e. The summed E-state index contributed by atoms with van der Waals surface area (Å²) in [5, 5.41) is 8.89. The van der Waals surface area contributed by atoms with Crippen molar-refractivity contribution < 1.29 is 18.6 Å². The second-order valence-corrected chi connectivity index (χ2v) is 3.52. The van der Waals surface area contributed by atoms with Crippen molar-refractivity contribution in [3.05, 3.63) is 18.2 Å². The van der Waals surface area contributed by atoms with Crippen LogP contribution in [0.1, 0.15) is 12.4 Å². The smallest absolute Gasteiger partial charge is 0.319 e. The number of imidazole rings is 1. The van der Waals surface area contributed by atoms with Crippen molar-refractivity contribution in [3.8, 4) is 0 Å². The van der Waals surface area contributed by atoms with Gasteiger partial charge in [0.25, 0.3) is 0 Å². The Morgan fingerprint density at radius 2 is 2.29 bits per heavy atom. The molecule has 1 aromatic heterocycles. The highest BCUT2D eigenvalue weighted by Crippen LogP contribution is 2.13. The lowest BCUT2D eigenvalue weighted by Gasteiger charge is -2.20. The van der Waals surface area contributed by atoms with Crippen LogP contribution >= 0.6 is 0 Å². The lowest BCUT2D eigenvalue weighted by atomic mass is 10.4. The SMILES string of the molecule is COCCN(CCO)Cc1nccn1C(F)F. The summed E-state index contributed by atoms with van der Waals surface area (Å²) in [7, 11) is 1.57. The zero-order valence-corrected chi connectivity index (χ0v) is 9.72. The number of nitrogens with zero attached hydrogens (tertiary/aromatic N) is 3. The van der Waals surface area contributed by atoms with Crippen LogP contribution < -0.4 is 0 Å². The number of ether oxygens (including phenoxy) is 1. The first-order valence-electron chi connectivity index (χ1n) is 5.31. The number of aromatic nitrogens is 2. The molecule has 0 fully saturated rings. The van der Waals surface area contributed by atoms with Crippen LogP contribution in [0.15, 0.2) is 12.4 Å². The molecule has 17 heavy (non-hydrogen) atoms. The van der Waals surface area contributed by atoms with E-state index < -0.39 is 6.55 Å². The molecular formula is C10H17F2N3O2. The van der Waals surface area contributed by atoms with Crippen molar-refractivity contribution in [2.75, 3.05) is 33.4 Å². The summed E-state index contributed by atoms with van der Waals surface area (Å²) in [5.41, 5.74) is 0. The molecule has 1 rings (SSSR count). The van der Waals surface area contributed by atoms with Crippen molar-refractivity contribution >= 4 is 0 Å². The van der Waals surface area contributed by atoms with Crippen LogP contribution in [-0.2, 0) is 11.3 Å². The van der Waals surface area contributed by atoms with E-state index in [0.717, 1.165) is 4.57 Å². The highest BCUT2D eigenvalue weighted by molar-refractivity contribution is 4.92. The number of halogens is 2. The summed E-state index contributed by atoms with van der Waals surface area (Å²) in [6.45, 7) is -0.909. The molecule has 0 amide bonds. The van der Waals surface area contributed by atoms with Gasteiger partial charge in [0.1, 0.15) is 5.82 Å². The maximum absolute atomic E-state index is 12.6. The summed E-state index contributed by atoms with van der Waals surface area (Å²) < 4.78 is 30.9. The topological polar surface area (TPSA) is 50.5 Å². The van der Waals surface area contributed by atoms with Crippen LogP contribution in [0, 0.1) is 0 Å². The number of aliphatic hydroxyl groups is 1. The van der Waals surface area contributed by atoms with Gasteiger partial charge in [-0.05, 0) is 0 Å². The zero-order chi connectivity index (χ0) is 12.7. The maximum atomic E-state index is 12.6. The fourth-order valence-electron chi connectivity index (χ4n) is 1.48. The first kappa shape index (κ1) is 14.0. The van der Waals surface area contributed by atoms with Crippen LogP contribution in [0.25, 0.3) is 0 Å². The fraction of sp³-hybridized carbons (Fsp3) is 0.700. The van der Waals surface area contributed by atoms with E-state index in [1.54, 1.807) is 7.11 Å². The average molecular weight is 249 g/mol. The molecule has 0 aromatic carbocycles. The molecule has 0 spiro atoms. The van der Waals surface area contributed by atoms with Gasteiger partial charge in [-0.2, -0.15) is 8.78 Å². The Morgan fingerprint density at radius 1 is 1.53 bits per heavy atom. The highest BCUT2D eigenvalue weighted by Gasteiger charge is 2.14. The van der Waals surface area contributed by atoms with Gasteiger partial charge in [-0.25, -0.2) is 4.98 Å². The molecule has 7 heteroatoms. The molecule has 0 aliphatic heterocycles. The highest BCUT2D eigenvalue weighted by atomic mass is 19.3. The van der Waals surface area contributed by atoms with Gasteiger partial charge in [-0.1, -0.05) is 0 Å². The number of alkyl halides is 2. The third kappa shape index (κ3) is 4.37. The van der Waals surface area contributed by atoms with E-state index in [0.29, 0.717) is 19.7 Å². The second-order valence-electron chi connectivity index (χ2n) is 3.52. The number of methoxy groups -OCH3 is 1. The van der Waals surface area contributed by atoms with Gasteiger partial charge >= 0.3 is 6.55 Å². The Balaban J connectivity index is 2.61. The summed E-state index contributed by atoms with van der Waals surface area (Å²) in [6.07, 6.45) is 2.59. The molecule has 1 heterocycles. The van der Waals surface area contributed by atoms with Crippen molar-refractivity contribution in [1.29, 1.82) is 0 Å². The van der Waals surface area contributed by atoms with Gasteiger partial charge in [0.05, 0.1) is 19.8 Å². The van der Waals surface area contributed by atoms with E-state index in [1.165, 1.54) is 12.4 Å². The Labute approximate surface area is 98.6 Å². The minimum absolute atomic E-state index is 0.0287. The van der Waals surface area contributed by atoms with E-state index in [-0.39, 0.29) is 19.0 Å². The Morgan fingerprint density at radius 3 is 2.88 bits per heavy atom. The molecule has 0 saturated carbocycles. The minimum atomic E-state index is -2.59. The third-order valence-corrected chi connectivity index (χ3v) is 2.35. The number of rotatable bonds is 8. The van der Waals surface area contributed by atoms with E-state index in [2.05, 4.69) is 4.98 Å². The zero-order valence-electron chi connectivity index (χ0n) is 9.72. The van der Waals surface area contributed by atoms with Crippen molar-refractivity contribution in [1.82, 2.24) is 14.5 Å². The standard InChI is InChI=1S/C10H17F2N3O2/c1-17-7-5-14(4-6-16)8-9-13-2-3-15(9)10(11)12/h2-3,10,16H,4-8H2,1H3. The van der Waals surface area contributed by atoms with Gasteiger partial charge < -0.3 is 9.84 Å². The van der Waals surface area contributed by atoms with Crippen LogP contribution in [0.4, 0.5) is 8.78 Å². The van der Waals surface area contributed by atoms with Crippen LogP contribution in [0.5, 0.6) is 0 Å². The summed E-state index contributed by atoms with van der Waals surface area (Å²) >= 11 is 0. The van der Waals surface area contributed by atoms with Gasteiger partial charge in [0.2, 0.25) is 0 Å². The normalized spacial score (nSPS) is 11.6. The molecule has 0 unspecified atom stereocenters. The van der Waals surface area contributed by atoms with Gasteiger partial charge in [-0.3, -0.25) is 9.47 Å². The van der Waals surface area contributed by atoms with E-state index in [9.17, 15) is 8.78 Å². The van der Waals surface area contributed by atoms with Crippen LogP contribution in [0.3, 0.4) is 0 Å². The number of hydrogen-bond acceptors (Lipinski definition) is 4.